The molecule has 0 aliphatic carbocycles. The number of unbranched alkanes of at least 4 members (excludes halogenated alkanes) is 10. The topological polar surface area (TPSA) is 0 Å². The minimum atomic E-state index is -7.22. The van der Waals surface area contributed by atoms with Gasteiger partial charge in [-0.3, -0.25) is 0 Å². The molecule has 392 valence electrons. The van der Waals surface area contributed by atoms with Crippen molar-refractivity contribution in [2.24, 2.45) is 0 Å². The first kappa shape index (κ1) is 58.6. The number of benzene rings is 4. The Labute approximate surface area is 417 Å². The lowest BCUT2D eigenvalue weighted by molar-refractivity contribution is -0.585. The van der Waals surface area contributed by atoms with E-state index in [0.717, 1.165) is 0 Å². The molecular formula is C48H38BF20IS2. The normalized spacial score (nSPS) is 11.8. The molecule has 0 bridgehead atoms. The van der Waals surface area contributed by atoms with Gasteiger partial charge in [0, 0.05) is 21.9 Å². The highest BCUT2D eigenvalue weighted by Crippen LogP contribution is 2.31. The summed E-state index contributed by atoms with van der Waals surface area (Å²) in [5.74, 6) is -71.4. The van der Waals surface area contributed by atoms with E-state index in [1.165, 1.54) is 89.9 Å². The molecule has 72 heavy (non-hydrogen) atoms. The van der Waals surface area contributed by atoms with Crippen LogP contribution in [0.4, 0.5) is 87.8 Å². The quantitative estimate of drug-likeness (QED) is 0.0178. The van der Waals surface area contributed by atoms with E-state index in [0.29, 0.717) is 0 Å². The minimum Gasteiger partial charge on any atom is -0.207 e. The Hall–Kier alpha value is -4.33. The predicted octanol–water partition coefficient (Wildman–Crippen LogP) is 11.6. The van der Waals surface area contributed by atoms with E-state index in [1.807, 2.05) is 0 Å². The monoisotopic (exact) mass is 1200 g/mol. The van der Waals surface area contributed by atoms with Gasteiger partial charge in [0.25, 0.3) is 0 Å². The third-order valence-electron chi connectivity index (χ3n) is 11.7. The van der Waals surface area contributed by atoms with Crippen LogP contribution in [0.2, 0.25) is 0 Å². The Bertz CT molecular complexity index is 2470. The van der Waals surface area contributed by atoms with Gasteiger partial charge < -0.3 is 0 Å². The number of hydrogen-bond donors (Lipinski definition) is 0. The zero-order chi connectivity index (χ0) is 53.5. The molecule has 24 heteroatoms. The van der Waals surface area contributed by atoms with Crippen molar-refractivity contribution in [2.75, 3.05) is 0 Å². The van der Waals surface area contributed by atoms with Gasteiger partial charge in [-0.1, -0.05) is 101 Å². The van der Waals surface area contributed by atoms with Gasteiger partial charge in [0.1, 0.15) is 52.7 Å². The van der Waals surface area contributed by atoms with Crippen LogP contribution in [0.5, 0.6) is 0 Å². The van der Waals surface area contributed by atoms with Crippen molar-refractivity contribution >= 4 is 50.7 Å². The fourth-order valence-electron chi connectivity index (χ4n) is 8.20. The number of rotatable bonds is 20. The van der Waals surface area contributed by atoms with Crippen LogP contribution in [0, 0.1) is 122 Å². The Balaban J connectivity index is 0.000000304. The lowest BCUT2D eigenvalue weighted by Gasteiger charge is -2.44. The molecule has 0 radical (unpaired) electrons. The van der Waals surface area contributed by atoms with Crippen molar-refractivity contribution in [3.63, 3.8) is 0 Å². The molecule has 0 unspecified atom stereocenters. The first-order valence-electron chi connectivity index (χ1n) is 22.1. The minimum absolute atomic E-state index is 0.0512. The van der Waals surface area contributed by atoms with Crippen LogP contribution in [0.25, 0.3) is 0 Å². The van der Waals surface area contributed by atoms with E-state index in [1.54, 1.807) is 15.5 Å². The second-order valence-corrected chi connectivity index (χ2v) is 23.0. The molecular weight excluding hydrogens is 1160 g/mol. The van der Waals surface area contributed by atoms with Gasteiger partial charge >= 0.3 is 21.2 Å². The highest BCUT2D eigenvalue weighted by atomic mass is 127. The molecule has 2 heterocycles. The first-order valence-corrected chi connectivity index (χ1v) is 25.9. The van der Waals surface area contributed by atoms with Crippen molar-refractivity contribution < 1.29 is 109 Å². The second-order valence-electron chi connectivity index (χ2n) is 16.3. The van der Waals surface area contributed by atoms with Crippen molar-refractivity contribution in [1.82, 2.24) is 0 Å². The zero-order valence-electron chi connectivity index (χ0n) is 37.5. The van der Waals surface area contributed by atoms with Crippen LogP contribution in [0.3, 0.4) is 0 Å². The van der Waals surface area contributed by atoms with E-state index < -0.39 is 144 Å². The standard InChI is InChI=1S/C24BF20.C24H38IS2/c26-5-1(6(27)14(35)21(42)13(5)34)25(2-7(28)15(36)22(43)16(37)8(2)29,3-9(30)17(38)23(44)18(39)10(3)31)4-11(32)19(40)24(45)20(41)12(4)33;1-3-5-7-9-11-13-15-21-17-19-23(26-21)25-24-20-18-22(27-24)16-14-12-10-8-6-4-2/h;17-20H,3-16H2,1-2H3/q-1;+1. The number of hydrogen-bond acceptors (Lipinski definition) is 2. The summed E-state index contributed by atoms with van der Waals surface area (Å²) in [7, 11) is 0. The van der Waals surface area contributed by atoms with E-state index >= 15 is 35.1 Å². The third-order valence-corrected chi connectivity index (χ3v) is 17.7. The summed E-state index contributed by atoms with van der Waals surface area (Å²) >= 11 is 4.23. The fourth-order valence-corrected chi connectivity index (χ4v) is 14.9. The summed E-state index contributed by atoms with van der Waals surface area (Å²) in [5, 5.41) is 0. The van der Waals surface area contributed by atoms with Crippen molar-refractivity contribution in [3.05, 3.63) is 156 Å². The molecule has 0 aliphatic rings. The third kappa shape index (κ3) is 11.6. The maximum absolute atomic E-state index is 15.4. The van der Waals surface area contributed by atoms with Crippen LogP contribution >= 0.6 is 22.7 Å². The lowest BCUT2D eigenvalue weighted by atomic mass is 9.12. The Morgan fingerprint density at radius 2 is 0.500 bits per heavy atom. The molecule has 0 spiro atoms. The van der Waals surface area contributed by atoms with Gasteiger partial charge in [0.2, 0.25) is 5.77 Å². The van der Waals surface area contributed by atoms with Crippen LogP contribution in [0.15, 0.2) is 24.3 Å². The molecule has 0 saturated carbocycles. The Kier molecular flexibility index (Phi) is 20.6. The predicted molar refractivity (Wildman–Crippen MR) is 229 cm³/mol. The van der Waals surface area contributed by atoms with Gasteiger partial charge in [-0.05, 0) is 37.8 Å². The average Bonchev–Trinajstić information content (AvgIpc) is 4.02. The van der Waals surface area contributed by atoms with Crippen LogP contribution in [-0.2, 0) is 12.8 Å². The van der Waals surface area contributed by atoms with E-state index in [9.17, 15) is 52.7 Å². The van der Waals surface area contributed by atoms with Crippen LogP contribution in [0.1, 0.15) is 101 Å². The SMILES string of the molecule is CCCCCCCCc1ccc([I+]c2ccc(CCCCCCCC)s2)s1.Fc1c(F)c(F)c([B-](c2c(F)c(F)c(F)c(F)c2F)(c2c(F)c(F)c(F)c(F)c2F)c2c(F)c(F)c(F)c(F)c2F)c(F)c1F. The smallest absolute Gasteiger partial charge is 0.207 e. The van der Waals surface area contributed by atoms with Gasteiger partial charge in [-0.25, -0.2) is 87.8 Å². The summed E-state index contributed by atoms with van der Waals surface area (Å²) in [6.45, 7) is 4.59. The van der Waals surface area contributed by atoms with Crippen LogP contribution < -0.4 is 43.1 Å². The molecule has 0 atom stereocenters. The first-order chi connectivity index (χ1) is 34.0. The number of thiophene rings is 2. The summed E-state index contributed by atoms with van der Waals surface area (Å²) in [6.07, 6.45) is 12.2. The van der Waals surface area contributed by atoms with Crippen molar-refractivity contribution in [3.8, 4) is 0 Å². The second kappa shape index (κ2) is 25.3. The summed E-state index contributed by atoms with van der Waals surface area (Å²) < 4.78 is 297. The molecule has 0 N–H and O–H groups in total. The highest BCUT2D eigenvalue weighted by molar-refractivity contribution is 7.20. The van der Waals surface area contributed by atoms with Crippen molar-refractivity contribution in [2.45, 2.75) is 104 Å². The summed E-state index contributed by atoms with van der Waals surface area (Å²) in [4.78, 5) is 3.23. The summed E-state index contributed by atoms with van der Waals surface area (Å²) in [6, 6.07) is 9.63. The molecule has 4 aromatic carbocycles. The number of halogens is 21. The highest BCUT2D eigenvalue weighted by Gasteiger charge is 2.52. The maximum Gasteiger partial charge on any atom is 0.381 e. The lowest BCUT2D eigenvalue weighted by Crippen LogP contribution is -3.61. The molecule has 0 aliphatic heterocycles. The van der Waals surface area contributed by atoms with Crippen molar-refractivity contribution in [1.29, 1.82) is 0 Å². The van der Waals surface area contributed by atoms with Gasteiger partial charge in [0.05, 0.1) is 0 Å². The van der Waals surface area contributed by atoms with E-state index in [-0.39, 0.29) is 21.2 Å². The molecule has 0 saturated heterocycles. The maximum atomic E-state index is 15.4. The average molecular weight is 1200 g/mol. The Morgan fingerprint density at radius 3 is 0.736 bits per heavy atom. The molecule has 0 amide bonds. The number of aryl methyl sites for hydroxylation is 2. The molecule has 0 nitrogen and oxygen atoms in total. The molecule has 6 aromatic rings. The fraction of sp³-hybridized carbons (Fsp3) is 0.333. The largest absolute Gasteiger partial charge is 0.381 e. The van der Waals surface area contributed by atoms with Gasteiger partial charge in [0.15, 0.2) is 69.8 Å². The molecule has 2 aromatic heterocycles. The van der Waals surface area contributed by atoms with E-state index in [4.69, 9.17) is 0 Å². The zero-order valence-corrected chi connectivity index (χ0v) is 41.3. The molecule has 6 rings (SSSR count). The molecule has 0 fully saturated rings. The Morgan fingerprint density at radius 1 is 0.292 bits per heavy atom. The van der Waals surface area contributed by atoms with E-state index in [2.05, 4.69) is 60.8 Å². The van der Waals surface area contributed by atoms with Gasteiger partial charge in [-0.2, -0.15) is 0 Å². The summed E-state index contributed by atoms with van der Waals surface area (Å²) in [5.41, 5.74) is -14.3. The van der Waals surface area contributed by atoms with Crippen LogP contribution in [-0.4, -0.2) is 6.15 Å². The van der Waals surface area contributed by atoms with Gasteiger partial charge in [-0.15, -0.1) is 21.9 Å².